The first kappa shape index (κ1) is 12.2. The molecule has 0 saturated heterocycles. The lowest BCUT2D eigenvalue weighted by Gasteiger charge is -2.05. The van der Waals surface area contributed by atoms with Crippen molar-refractivity contribution in [3.05, 3.63) is 47.4 Å². The van der Waals surface area contributed by atoms with Crippen LogP contribution in [0.1, 0.15) is 21.8 Å². The van der Waals surface area contributed by atoms with Crippen molar-refractivity contribution in [3.8, 4) is 0 Å². The van der Waals surface area contributed by atoms with Crippen molar-refractivity contribution in [2.24, 2.45) is 0 Å². The first-order chi connectivity index (χ1) is 8.66. The van der Waals surface area contributed by atoms with Crippen LogP contribution in [0.15, 0.2) is 29.0 Å². The SMILES string of the molecule is Cc1ccc(C(=O)NCCc2ncno2)c(F)c1. The molecule has 1 aromatic heterocycles. The number of benzene rings is 1. The molecule has 0 spiro atoms. The molecule has 0 aliphatic carbocycles. The molecule has 1 amide bonds. The highest BCUT2D eigenvalue weighted by Gasteiger charge is 2.11. The van der Waals surface area contributed by atoms with E-state index in [4.69, 9.17) is 4.52 Å². The van der Waals surface area contributed by atoms with Gasteiger partial charge < -0.3 is 9.84 Å². The molecule has 18 heavy (non-hydrogen) atoms. The van der Waals surface area contributed by atoms with Gasteiger partial charge in [-0.05, 0) is 24.6 Å². The van der Waals surface area contributed by atoms with Gasteiger partial charge in [-0.1, -0.05) is 11.2 Å². The number of rotatable bonds is 4. The molecule has 2 rings (SSSR count). The molecule has 0 unspecified atom stereocenters. The number of aryl methyl sites for hydroxylation is 1. The minimum atomic E-state index is -0.523. The van der Waals surface area contributed by atoms with E-state index < -0.39 is 11.7 Å². The second-order valence-corrected chi connectivity index (χ2v) is 3.82. The Kier molecular flexibility index (Phi) is 3.66. The zero-order valence-electron chi connectivity index (χ0n) is 9.81. The summed E-state index contributed by atoms with van der Waals surface area (Å²) in [6.45, 7) is 2.08. The van der Waals surface area contributed by atoms with E-state index >= 15 is 0 Å². The van der Waals surface area contributed by atoms with Crippen molar-refractivity contribution in [2.75, 3.05) is 6.54 Å². The van der Waals surface area contributed by atoms with E-state index in [-0.39, 0.29) is 5.56 Å². The van der Waals surface area contributed by atoms with Crippen molar-refractivity contribution in [3.63, 3.8) is 0 Å². The molecule has 1 N–H and O–H groups in total. The third-order valence-corrected chi connectivity index (χ3v) is 2.40. The van der Waals surface area contributed by atoms with Crippen molar-refractivity contribution < 1.29 is 13.7 Å². The van der Waals surface area contributed by atoms with Gasteiger partial charge in [-0.15, -0.1) is 0 Å². The van der Waals surface area contributed by atoms with Crippen LogP contribution in [0.25, 0.3) is 0 Å². The Morgan fingerprint density at radius 1 is 1.50 bits per heavy atom. The van der Waals surface area contributed by atoms with Crippen LogP contribution in [-0.2, 0) is 6.42 Å². The average molecular weight is 249 g/mol. The topological polar surface area (TPSA) is 68.0 Å². The second-order valence-electron chi connectivity index (χ2n) is 3.82. The van der Waals surface area contributed by atoms with Crippen molar-refractivity contribution in [1.29, 1.82) is 0 Å². The molecular formula is C12H12FN3O2. The Balaban J connectivity index is 1.91. The van der Waals surface area contributed by atoms with Crippen molar-refractivity contribution >= 4 is 5.91 Å². The van der Waals surface area contributed by atoms with Crippen LogP contribution in [0.5, 0.6) is 0 Å². The summed E-state index contributed by atoms with van der Waals surface area (Å²) in [6.07, 6.45) is 1.70. The van der Waals surface area contributed by atoms with E-state index in [1.54, 1.807) is 13.0 Å². The molecule has 0 radical (unpaired) electrons. The van der Waals surface area contributed by atoms with Gasteiger partial charge in [-0.2, -0.15) is 4.98 Å². The fourth-order valence-electron chi connectivity index (χ4n) is 1.49. The highest BCUT2D eigenvalue weighted by molar-refractivity contribution is 5.94. The first-order valence-corrected chi connectivity index (χ1v) is 5.46. The summed E-state index contributed by atoms with van der Waals surface area (Å²) in [7, 11) is 0. The summed E-state index contributed by atoms with van der Waals surface area (Å²) < 4.78 is 18.3. The van der Waals surface area contributed by atoms with E-state index in [9.17, 15) is 9.18 Å². The van der Waals surface area contributed by atoms with Crippen LogP contribution >= 0.6 is 0 Å². The lowest BCUT2D eigenvalue weighted by molar-refractivity contribution is 0.0949. The summed E-state index contributed by atoms with van der Waals surface area (Å²) >= 11 is 0. The molecule has 0 fully saturated rings. The Bertz CT molecular complexity index is 540. The lowest BCUT2D eigenvalue weighted by Crippen LogP contribution is -2.26. The molecule has 0 atom stereocenters. The smallest absolute Gasteiger partial charge is 0.254 e. The maximum atomic E-state index is 13.5. The normalized spacial score (nSPS) is 10.3. The molecule has 0 aliphatic heterocycles. The van der Waals surface area contributed by atoms with Gasteiger partial charge in [0.2, 0.25) is 5.89 Å². The van der Waals surface area contributed by atoms with Gasteiger partial charge in [0.05, 0.1) is 5.56 Å². The van der Waals surface area contributed by atoms with E-state index in [2.05, 4.69) is 15.5 Å². The largest absolute Gasteiger partial charge is 0.351 e. The van der Waals surface area contributed by atoms with Crippen LogP contribution < -0.4 is 5.32 Å². The molecular weight excluding hydrogens is 237 g/mol. The van der Waals surface area contributed by atoms with E-state index in [0.717, 1.165) is 5.56 Å². The number of hydrogen-bond acceptors (Lipinski definition) is 4. The van der Waals surface area contributed by atoms with E-state index in [1.165, 1.54) is 18.5 Å². The Hall–Kier alpha value is -2.24. The monoisotopic (exact) mass is 249 g/mol. The molecule has 1 heterocycles. The second kappa shape index (κ2) is 5.39. The summed E-state index contributed by atoms with van der Waals surface area (Å²) in [5.74, 6) is -0.544. The number of amides is 1. The van der Waals surface area contributed by atoms with Crippen LogP contribution in [0.2, 0.25) is 0 Å². The summed E-state index contributed by atoms with van der Waals surface area (Å²) in [6, 6.07) is 4.48. The predicted octanol–water partition coefficient (Wildman–Crippen LogP) is 1.49. The lowest BCUT2D eigenvalue weighted by atomic mass is 10.1. The number of nitrogens with one attached hydrogen (secondary N) is 1. The first-order valence-electron chi connectivity index (χ1n) is 5.46. The average Bonchev–Trinajstić information content (AvgIpc) is 2.81. The highest BCUT2D eigenvalue weighted by atomic mass is 19.1. The summed E-state index contributed by atoms with van der Waals surface area (Å²) in [4.78, 5) is 15.5. The molecule has 0 saturated carbocycles. The van der Waals surface area contributed by atoms with Gasteiger partial charge in [-0.3, -0.25) is 4.79 Å². The van der Waals surface area contributed by atoms with Crippen LogP contribution in [0, 0.1) is 12.7 Å². The molecule has 1 aromatic carbocycles. The Labute approximate surface area is 103 Å². The minimum absolute atomic E-state index is 0.0335. The standard InChI is InChI=1S/C12H12FN3O2/c1-8-2-3-9(10(13)6-8)12(17)14-5-4-11-15-7-16-18-11/h2-3,6-7H,4-5H2,1H3,(H,14,17). The van der Waals surface area contributed by atoms with Gasteiger partial charge in [0.25, 0.3) is 5.91 Å². The number of carbonyl (C=O) groups is 1. The predicted molar refractivity (Wildman–Crippen MR) is 61.5 cm³/mol. The van der Waals surface area contributed by atoms with Gasteiger partial charge in [0.15, 0.2) is 6.33 Å². The van der Waals surface area contributed by atoms with Gasteiger partial charge in [0.1, 0.15) is 5.82 Å². The number of halogens is 1. The van der Waals surface area contributed by atoms with Crippen molar-refractivity contribution in [2.45, 2.75) is 13.3 Å². The zero-order valence-corrected chi connectivity index (χ0v) is 9.81. The third-order valence-electron chi connectivity index (χ3n) is 2.40. The number of aromatic nitrogens is 2. The maximum absolute atomic E-state index is 13.5. The van der Waals surface area contributed by atoms with Crippen LogP contribution in [-0.4, -0.2) is 22.6 Å². The fourth-order valence-corrected chi connectivity index (χ4v) is 1.49. The highest BCUT2D eigenvalue weighted by Crippen LogP contribution is 2.09. The van der Waals surface area contributed by atoms with Crippen LogP contribution in [0.3, 0.4) is 0 Å². The van der Waals surface area contributed by atoms with Gasteiger partial charge in [-0.25, -0.2) is 4.39 Å². The van der Waals surface area contributed by atoms with Crippen LogP contribution in [0.4, 0.5) is 4.39 Å². The fraction of sp³-hybridized carbons (Fsp3) is 0.250. The molecule has 5 nitrogen and oxygen atoms in total. The molecule has 0 aliphatic rings. The molecule has 0 bridgehead atoms. The maximum Gasteiger partial charge on any atom is 0.254 e. The summed E-state index contributed by atoms with van der Waals surface area (Å²) in [5, 5.41) is 6.03. The summed E-state index contributed by atoms with van der Waals surface area (Å²) in [5.41, 5.74) is 0.807. The van der Waals surface area contributed by atoms with E-state index in [0.29, 0.717) is 18.9 Å². The van der Waals surface area contributed by atoms with Gasteiger partial charge >= 0.3 is 0 Å². The molecule has 94 valence electrons. The van der Waals surface area contributed by atoms with E-state index in [1.807, 2.05) is 0 Å². The Morgan fingerprint density at radius 3 is 3.00 bits per heavy atom. The zero-order chi connectivity index (χ0) is 13.0. The quantitative estimate of drug-likeness (QED) is 0.891. The third kappa shape index (κ3) is 2.91. The molecule has 2 aromatic rings. The number of carbonyl (C=O) groups excluding carboxylic acids is 1. The van der Waals surface area contributed by atoms with Gasteiger partial charge in [0, 0.05) is 13.0 Å². The number of nitrogens with zero attached hydrogens (tertiary/aromatic N) is 2. The Morgan fingerprint density at radius 2 is 2.33 bits per heavy atom. The number of hydrogen-bond donors (Lipinski definition) is 1. The molecule has 6 heteroatoms. The van der Waals surface area contributed by atoms with Crippen molar-refractivity contribution in [1.82, 2.24) is 15.5 Å². The minimum Gasteiger partial charge on any atom is -0.351 e.